The first-order chi connectivity index (χ1) is 9.11. The second kappa shape index (κ2) is 5.95. The Labute approximate surface area is 126 Å². The number of anilines is 1. The van der Waals surface area contributed by atoms with Gasteiger partial charge in [-0.25, -0.2) is 0 Å². The summed E-state index contributed by atoms with van der Waals surface area (Å²) in [4.78, 5) is 0. The number of hydrogen-bond acceptors (Lipinski definition) is 5. The predicted octanol–water partition coefficient (Wildman–Crippen LogP) is 3.01. The molecule has 2 rings (SSSR count). The summed E-state index contributed by atoms with van der Waals surface area (Å²) >= 11 is 6.93. The van der Waals surface area contributed by atoms with Gasteiger partial charge >= 0.3 is 0 Å². The molecule has 1 aromatic heterocycles. The highest BCUT2D eigenvalue weighted by Crippen LogP contribution is 2.32. The van der Waals surface area contributed by atoms with Crippen LogP contribution in [-0.4, -0.2) is 20.6 Å². The quantitative estimate of drug-likeness (QED) is 0.795. The molecule has 0 aliphatic heterocycles. The van der Waals surface area contributed by atoms with Gasteiger partial charge in [-0.1, -0.05) is 0 Å². The van der Waals surface area contributed by atoms with Crippen molar-refractivity contribution < 1.29 is 0 Å². The average Bonchev–Trinajstić information content (AvgIpc) is 2.86. The van der Waals surface area contributed by atoms with Gasteiger partial charge in [0.1, 0.15) is 11.6 Å². The lowest BCUT2D eigenvalue weighted by Gasteiger charge is -2.08. The number of aryl methyl sites for hydroxylation is 1. The molecule has 0 unspecified atom stereocenters. The van der Waals surface area contributed by atoms with Crippen LogP contribution in [0.3, 0.4) is 0 Å². The van der Waals surface area contributed by atoms with Crippen molar-refractivity contribution in [3.63, 3.8) is 0 Å². The van der Waals surface area contributed by atoms with Gasteiger partial charge in [-0.05, 0) is 61.7 Å². The molecule has 8 heteroatoms. The SMILES string of the molecule is Cc1cc(Br)c(NC=C(C#N)c2nn[nH]n2)c(Br)c1. The van der Waals surface area contributed by atoms with E-state index in [4.69, 9.17) is 5.26 Å². The predicted molar refractivity (Wildman–Crippen MR) is 78.0 cm³/mol. The first kappa shape index (κ1) is 13.7. The molecule has 19 heavy (non-hydrogen) atoms. The van der Waals surface area contributed by atoms with E-state index in [1.54, 1.807) is 0 Å². The maximum Gasteiger partial charge on any atom is 0.216 e. The van der Waals surface area contributed by atoms with Gasteiger partial charge < -0.3 is 5.32 Å². The maximum atomic E-state index is 9.06. The molecule has 0 amide bonds. The van der Waals surface area contributed by atoms with Gasteiger partial charge in [0.05, 0.1) is 5.69 Å². The molecule has 0 bridgehead atoms. The Bertz CT molecular complexity index is 633. The highest BCUT2D eigenvalue weighted by Gasteiger charge is 2.08. The number of allylic oxidation sites excluding steroid dienone is 1. The zero-order chi connectivity index (χ0) is 13.8. The molecule has 2 aromatic rings. The summed E-state index contributed by atoms with van der Waals surface area (Å²) in [6.07, 6.45) is 1.53. The number of aromatic nitrogens is 4. The lowest BCUT2D eigenvalue weighted by molar-refractivity contribution is 0.881. The molecule has 2 N–H and O–H groups in total. The van der Waals surface area contributed by atoms with Crippen LogP contribution in [0.5, 0.6) is 0 Å². The Morgan fingerprint density at radius 3 is 2.63 bits per heavy atom. The molecule has 0 fully saturated rings. The van der Waals surface area contributed by atoms with Crippen LogP contribution in [0.15, 0.2) is 27.3 Å². The molecular weight excluding hydrogens is 376 g/mol. The molecule has 0 radical (unpaired) electrons. The van der Waals surface area contributed by atoms with Crippen LogP contribution in [0.4, 0.5) is 5.69 Å². The van der Waals surface area contributed by atoms with E-state index in [1.165, 1.54) is 6.20 Å². The first-order valence-corrected chi connectivity index (χ1v) is 6.76. The molecule has 1 aromatic carbocycles. The summed E-state index contributed by atoms with van der Waals surface area (Å²) < 4.78 is 1.78. The van der Waals surface area contributed by atoms with E-state index in [2.05, 4.69) is 57.8 Å². The van der Waals surface area contributed by atoms with Crippen molar-refractivity contribution >= 4 is 43.1 Å². The average molecular weight is 384 g/mol. The number of tetrazole rings is 1. The third kappa shape index (κ3) is 3.19. The largest absolute Gasteiger partial charge is 0.358 e. The number of nitrogens with one attached hydrogen (secondary N) is 2. The van der Waals surface area contributed by atoms with E-state index in [9.17, 15) is 0 Å². The van der Waals surface area contributed by atoms with Crippen LogP contribution in [0, 0.1) is 18.3 Å². The zero-order valence-electron chi connectivity index (χ0n) is 9.78. The minimum absolute atomic E-state index is 0.245. The zero-order valence-corrected chi connectivity index (χ0v) is 12.9. The van der Waals surface area contributed by atoms with Crippen LogP contribution >= 0.6 is 31.9 Å². The molecule has 6 nitrogen and oxygen atoms in total. The standard InChI is InChI=1S/C11H8Br2N6/c1-6-2-8(12)10(9(13)3-6)15-5-7(4-14)11-16-18-19-17-11/h2-3,5,15H,1H3,(H,16,17,18,19). The third-order valence-electron chi connectivity index (χ3n) is 2.25. The van der Waals surface area contributed by atoms with E-state index in [0.717, 1.165) is 20.2 Å². The van der Waals surface area contributed by atoms with Gasteiger partial charge in [-0.15, -0.1) is 10.2 Å². The van der Waals surface area contributed by atoms with Gasteiger partial charge in [0.25, 0.3) is 0 Å². The molecule has 96 valence electrons. The number of benzene rings is 1. The molecule has 0 atom stereocenters. The number of hydrogen-bond donors (Lipinski definition) is 2. The summed E-state index contributed by atoms with van der Waals surface area (Å²) in [6, 6.07) is 5.96. The molecular formula is C11H8Br2N6. The number of nitriles is 1. The fourth-order valence-electron chi connectivity index (χ4n) is 1.40. The summed E-state index contributed by atoms with van der Waals surface area (Å²) in [5.41, 5.74) is 2.22. The Kier molecular flexibility index (Phi) is 4.29. The van der Waals surface area contributed by atoms with Crippen molar-refractivity contribution in [1.82, 2.24) is 20.6 Å². The fraction of sp³-hybridized carbons (Fsp3) is 0.0909. The van der Waals surface area contributed by atoms with Crippen LogP contribution in [0.1, 0.15) is 11.4 Å². The van der Waals surface area contributed by atoms with Gasteiger partial charge in [0.2, 0.25) is 5.82 Å². The lowest BCUT2D eigenvalue weighted by atomic mass is 10.2. The Balaban J connectivity index is 2.30. The third-order valence-corrected chi connectivity index (χ3v) is 3.50. The molecule has 0 spiro atoms. The van der Waals surface area contributed by atoms with E-state index >= 15 is 0 Å². The first-order valence-electron chi connectivity index (χ1n) is 5.18. The van der Waals surface area contributed by atoms with Gasteiger partial charge in [0.15, 0.2) is 0 Å². The molecule has 0 saturated heterocycles. The van der Waals surface area contributed by atoms with E-state index in [0.29, 0.717) is 0 Å². The van der Waals surface area contributed by atoms with Gasteiger partial charge in [-0.2, -0.15) is 10.5 Å². The number of rotatable bonds is 3. The normalized spacial score (nSPS) is 11.2. The molecule has 0 aliphatic rings. The monoisotopic (exact) mass is 382 g/mol. The Morgan fingerprint density at radius 1 is 1.42 bits per heavy atom. The van der Waals surface area contributed by atoms with Gasteiger partial charge in [0, 0.05) is 15.1 Å². The van der Waals surface area contributed by atoms with Crippen LogP contribution < -0.4 is 5.32 Å². The van der Waals surface area contributed by atoms with Crippen molar-refractivity contribution in [2.45, 2.75) is 6.92 Å². The van der Waals surface area contributed by atoms with Crippen LogP contribution in [-0.2, 0) is 0 Å². The van der Waals surface area contributed by atoms with E-state index < -0.39 is 0 Å². The van der Waals surface area contributed by atoms with Crippen LogP contribution in [0.2, 0.25) is 0 Å². The van der Waals surface area contributed by atoms with E-state index in [-0.39, 0.29) is 11.4 Å². The van der Waals surface area contributed by atoms with Gasteiger partial charge in [-0.3, -0.25) is 0 Å². The number of aromatic amines is 1. The number of nitrogens with zero attached hydrogens (tertiary/aromatic N) is 4. The number of H-pyrrole nitrogens is 1. The topological polar surface area (TPSA) is 90.3 Å². The second-order valence-corrected chi connectivity index (χ2v) is 5.36. The van der Waals surface area contributed by atoms with E-state index in [1.807, 2.05) is 25.1 Å². The minimum Gasteiger partial charge on any atom is -0.358 e. The Hall–Kier alpha value is -1.72. The fourth-order valence-corrected chi connectivity index (χ4v) is 3.05. The van der Waals surface area contributed by atoms with Crippen molar-refractivity contribution in [3.8, 4) is 6.07 Å². The highest BCUT2D eigenvalue weighted by molar-refractivity contribution is 9.11. The van der Waals surface area contributed by atoms with Crippen molar-refractivity contribution in [2.75, 3.05) is 5.32 Å². The molecule has 0 saturated carbocycles. The van der Waals surface area contributed by atoms with Crippen molar-refractivity contribution in [2.24, 2.45) is 0 Å². The van der Waals surface area contributed by atoms with Crippen molar-refractivity contribution in [3.05, 3.63) is 38.7 Å². The Morgan fingerprint density at radius 2 is 2.11 bits per heavy atom. The molecule has 1 heterocycles. The van der Waals surface area contributed by atoms with Crippen LogP contribution in [0.25, 0.3) is 5.57 Å². The number of halogens is 2. The maximum absolute atomic E-state index is 9.06. The lowest BCUT2D eigenvalue weighted by Crippen LogP contribution is -1.95. The smallest absolute Gasteiger partial charge is 0.216 e. The second-order valence-electron chi connectivity index (χ2n) is 3.65. The minimum atomic E-state index is 0.245. The summed E-state index contributed by atoms with van der Waals surface area (Å²) in [6.45, 7) is 2.00. The van der Waals surface area contributed by atoms with Crippen molar-refractivity contribution in [1.29, 1.82) is 5.26 Å². The summed E-state index contributed by atoms with van der Waals surface area (Å²) in [5, 5.41) is 25.3. The summed E-state index contributed by atoms with van der Waals surface area (Å²) in [5.74, 6) is 0.245. The highest BCUT2D eigenvalue weighted by atomic mass is 79.9. The summed E-state index contributed by atoms with van der Waals surface area (Å²) in [7, 11) is 0. The molecule has 0 aliphatic carbocycles.